The fourth-order valence-electron chi connectivity index (χ4n) is 2.08. The highest BCUT2D eigenvalue weighted by molar-refractivity contribution is 5.25. The van der Waals surface area contributed by atoms with Gasteiger partial charge in [-0.2, -0.15) is 0 Å². The van der Waals surface area contributed by atoms with E-state index in [0.29, 0.717) is 18.9 Å². The largest absolute Gasteiger partial charge is 0.492 e. The molecular formula is C17H20FNO2. The van der Waals surface area contributed by atoms with E-state index >= 15 is 0 Å². The molecule has 2 N–H and O–H groups in total. The number of aliphatic hydroxyl groups is 1. The third-order valence-electron chi connectivity index (χ3n) is 3.25. The summed E-state index contributed by atoms with van der Waals surface area (Å²) in [6, 6.07) is 14.1. The fraction of sp³-hybridized carbons (Fsp3) is 0.294. The summed E-state index contributed by atoms with van der Waals surface area (Å²) in [6.07, 6.45) is 0. The lowest BCUT2D eigenvalue weighted by atomic mass is 10.1. The molecule has 0 spiro atoms. The second kappa shape index (κ2) is 7.76. The number of hydrogen-bond acceptors (Lipinski definition) is 3. The van der Waals surface area contributed by atoms with Crippen molar-refractivity contribution in [3.05, 3.63) is 65.5 Å². The average molecular weight is 289 g/mol. The summed E-state index contributed by atoms with van der Waals surface area (Å²) in [7, 11) is 0. The van der Waals surface area contributed by atoms with Gasteiger partial charge in [0.25, 0.3) is 0 Å². The van der Waals surface area contributed by atoms with Gasteiger partial charge in [-0.05, 0) is 30.2 Å². The minimum atomic E-state index is -0.297. The van der Waals surface area contributed by atoms with Crippen molar-refractivity contribution in [2.75, 3.05) is 13.2 Å². The molecule has 2 aromatic rings. The van der Waals surface area contributed by atoms with Gasteiger partial charge in [0.15, 0.2) is 0 Å². The van der Waals surface area contributed by atoms with Crippen molar-refractivity contribution < 1.29 is 14.2 Å². The Morgan fingerprint density at radius 1 is 1.19 bits per heavy atom. The lowest BCUT2D eigenvalue weighted by Crippen LogP contribution is -2.24. The Hall–Kier alpha value is -1.91. The lowest BCUT2D eigenvalue weighted by molar-refractivity contribution is 0.281. The molecule has 0 amide bonds. The molecule has 2 aromatic carbocycles. The van der Waals surface area contributed by atoms with Gasteiger partial charge < -0.3 is 15.2 Å². The second-order valence-corrected chi connectivity index (χ2v) is 4.88. The summed E-state index contributed by atoms with van der Waals surface area (Å²) >= 11 is 0. The zero-order valence-corrected chi connectivity index (χ0v) is 12.1. The average Bonchev–Trinajstić information content (AvgIpc) is 2.51. The number of ether oxygens (including phenoxy) is 1. The molecule has 3 nitrogen and oxygen atoms in total. The van der Waals surface area contributed by atoms with Crippen molar-refractivity contribution in [3.8, 4) is 5.75 Å². The van der Waals surface area contributed by atoms with Crippen LogP contribution < -0.4 is 10.1 Å². The molecular weight excluding hydrogens is 269 g/mol. The standard InChI is InChI=1S/C17H20FNO2/c1-13(15-5-2-4-14(10-15)12-20)19-8-9-21-17-7-3-6-16(18)11-17/h2-7,10-11,13,19-20H,8-9,12H2,1H3. The first-order chi connectivity index (χ1) is 10.2. The van der Waals surface area contributed by atoms with Gasteiger partial charge in [-0.1, -0.05) is 30.3 Å². The third kappa shape index (κ3) is 4.85. The zero-order valence-electron chi connectivity index (χ0n) is 12.1. The van der Waals surface area contributed by atoms with Gasteiger partial charge in [0.2, 0.25) is 0 Å². The Labute approximate surface area is 124 Å². The monoisotopic (exact) mass is 289 g/mol. The summed E-state index contributed by atoms with van der Waals surface area (Å²) in [6.45, 7) is 3.22. The van der Waals surface area contributed by atoms with E-state index in [-0.39, 0.29) is 18.5 Å². The molecule has 0 saturated carbocycles. The van der Waals surface area contributed by atoms with Crippen molar-refractivity contribution in [3.63, 3.8) is 0 Å². The van der Waals surface area contributed by atoms with Crippen LogP contribution in [-0.2, 0) is 6.61 Å². The smallest absolute Gasteiger partial charge is 0.126 e. The van der Waals surface area contributed by atoms with Crippen LogP contribution in [-0.4, -0.2) is 18.3 Å². The van der Waals surface area contributed by atoms with Gasteiger partial charge >= 0.3 is 0 Å². The SMILES string of the molecule is CC(NCCOc1cccc(F)c1)c1cccc(CO)c1. The van der Waals surface area contributed by atoms with Crippen LogP contribution in [0.25, 0.3) is 0 Å². The predicted octanol–water partition coefficient (Wildman–Crippen LogP) is 3.05. The van der Waals surface area contributed by atoms with E-state index in [9.17, 15) is 4.39 Å². The number of nitrogens with one attached hydrogen (secondary N) is 1. The summed E-state index contributed by atoms with van der Waals surface area (Å²) in [4.78, 5) is 0. The molecule has 0 saturated heterocycles. The zero-order chi connectivity index (χ0) is 15.1. The normalized spacial score (nSPS) is 12.1. The second-order valence-electron chi connectivity index (χ2n) is 4.88. The van der Waals surface area contributed by atoms with Crippen LogP contribution in [0.1, 0.15) is 24.1 Å². The van der Waals surface area contributed by atoms with E-state index in [1.165, 1.54) is 12.1 Å². The van der Waals surface area contributed by atoms with Crippen LogP contribution in [0.15, 0.2) is 48.5 Å². The molecule has 0 aliphatic carbocycles. The number of benzene rings is 2. The number of halogens is 1. The maximum Gasteiger partial charge on any atom is 0.126 e. The highest BCUT2D eigenvalue weighted by Crippen LogP contribution is 2.14. The van der Waals surface area contributed by atoms with Crippen molar-refractivity contribution in [2.24, 2.45) is 0 Å². The molecule has 0 radical (unpaired) electrons. The predicted molar refractivity (Wildman–Crippen MR) is 80.7 cm³/mol. The maximum absolute atomic E-state index is 13.0. The van der Waals surface area contributed by atoms with Gasteiger partial charge in [0.1, 0.15) is 18.2 Å². The van der Waals surface area contributed by atoms with E-state index in [4.69, 9.17) is 9.84 Å². The molecule has 0 heterocycles. The Bertz CT molecular complexity index is 574. The molecule has 0 aliphatic heterocycles. The minimum Gasteiger partial charge on any atom is -0.492 e. The fourth-order valence-corrected chi connectivity index (χ4v) is 2.08. The van der Waals surface area contributed by atoms with E-state index in [0.717, 1.165) is 11.1 Å². The van der Waals surface area contributed by atoms with Crippen LogP contribution in [0.4, 0.5) is 4.39 Å². The van der Waals surface area contributed by atoms with E-state index < -0.39 is 0 Å². The van der Waals surface area contributed by atoms with Gasteiger partial charge in [0, 0.05) is 18.7 Å². The van der Waals surface area contributed by atoms with E-state index in [1.54, 1.807) is 12.1 Å². The van der Waals surface area contributed by atoms with E-state index in [1.807, 2.05) is 24.3 Å². The summed E-state index contributed by atoms with van der Waals surface area (Å²) in [5.41, 5.74) is 2.02. The molecule has 1 unspecified atom stereocenters. The maximum atomic E-state index is 13.0. The van der Waals surface area contributed by atoms with Crippen molar-refractivity contribution in [1.82, 2.24) is 5.32 Å². The van der Waals surface area contributed by atoms with Crippen LogP contribution in [0, 0.1) is 5.82 Å². The van der Waals surface area contributed by atoms with E-state index in [2.05, 4.69) is 12.2 Å². The van der Waals surface area contributed by atoms with Crippen molar-refractivity contribution in [1.29, 1.82) is 0 Å². The first kappa shape index (κ1) is 15.5. The number of aliphatic hydroxyl groups excluding tert-OH is 1. The van der Waals surface area contributed by atoms with Crippen LogP contribution >= 0.6 is 0 Å². The molecule has 0 fully saturated rings. The number of hydrogen-bond donors (Lipinski definition) is 2. The third-order valence-corrected chi connectivity index (χ3v) is 3.25. The minimum absolute atomic E-state index is 0.0449. The Kier molecular flexibility index (Phi) is 5.72. The summed E-state index contributed by atoms with van der Waals surface area (Å²) in [5.74, 6) is 0.237. The first-order valence-corrected chi connectivity index (χ1v) is 7.00. The van der Waals surface area contributed by atoms with Crippen LogP contribution in [0.5, 0.6) is 5.75 Å². The summed E-state index contributed by atoms with van der Waals surface area (Å²) < 4.78 is 18.5. The number of rotatable bonds is 7. The summed E-state index contributed by atoms with van der Waals surface area (Å²) in [5, 5.41) is 12.5. The molecule has 21 heavy (non-hydrogen) atoms. The Morgan fingerprint density at radius 3 is 2.76 bits per heavy atom. The van der Waals surface area contributed by atoms with Gasteiger partial charge in [-0.3, -0.25) is 0 Å². The molecule has 2 rings (SSSR count). The molecule has 0 aliphatic rings. The topological polar surface area (TPSA) is 41.5 Å². The van der Waals surface area contributed by atoms with Crippen molar-refractivity contribution >= 4 is 0 Å². The van der Waals surface area contributed by atoms with Gasteiger partial charge in [-0.25, -0.2) is 4.39 Å². The quantitative estimate of drug-likeness (QED) is 0.770. The molecule has 4 heteroatoms. The molecule has 0 aromatic heterocycles. The van der Waals surface area contributed by atoms with Gasteiger partial charge in [0.05, 0.1) is 6.61 Å². The van der Waals surface area contributed by atoms with Crippen LogP contribution in [0.3, 0.4) is 0 Å². The molecule has 1 atom stereocenters. The van der Waals surface area contributed by atoms with Crippen LogP contribution in [0.2, 0.25) is 0 Å². The molecule has 112 valence electrons. The Balaban J connectivity index is 1.77. The lowest BCUT2D eigenvalue weighted by Gasteiger charge is -2.15. The van der Waals surface area contributed by atoms with Gasteiger partial charge in [-0.15, -0.1) is 0 Å². The first-order valence-electron chi connectivity index (χ1n) is 7.00. The highest BCUT2D eigenvalue weighted by Gasteiger charge is 2.05. The van der Waals surface area contributed by atoms with Crippen molar-refractivity contribution in [2.45, 2.75) is 19.6 Å². The Morgan fingerprint density at radius 2 is 2.00 bits per heavy atom. The molecule has 0 bridgehead atoms. The highest BCUT2D eigenvalue weighted by atomic mass is 19.1.